The molecule has 0 saturated carbocycles. The van der Waals surface area contributed by atoms with Gasteiger partial charge in [0.15, 0.2) is 0 Å². The van der Waals surface area contributed by atoms with Crippen LogP contribution in [0.5, 0.6) is 0 Å². The highest BCUT2D eigenvalue weighted by molar-refractivity contribution is 5.87. The lowest BCUT2D eigenvalue weighted by molar-refractivity contribution is 1.06. The first-order valence-corrected chi connectivity index (χ1v) is 3.00. The second-order valence-electron chi connectivity index (χ2n) is 1.97. The summed E-state index contributed by atoms with van der Waals surface area (Å²) in [7, 11) is 0. The molecule has 0 fully saturated rings. The Morgan fingerprint density at radius 1 is 1.50 bits per heavy atom. The van der Waals surface area contributed by atoms with E-state index in [4.69, 9.17) is 0 Å². The quantitative estimate of drug-likeness (QED) is 0.554. The lowest BCUT2D eigenvalue weighted by Gasteiger charge is -2.08. The van der Waals surface area contributed by atoms with E-state index in [9.17, 15) is 0 Å². The average Bonchev–Trinajstić information content (AvgIpc) is 2.05. The van der Waals surface area contributed by atoms with Gasteiger partial charge < -0.3 is 5.32 Å². The van der Waals surface area contributed by atoms with Crippen molar-refractivity contribution < 1.29 is 0 Å². The van der Waals surface area contributed by atoms with Crippen LogP contribution >= 0.6 is 0 Å². The Morgan fingerprint density at radius 3 is 3.40 bits per heavy atom. The van der Waals surface area contributed by atoms with Crippen LogP contribution < -0.4 is 5.32 Å². The van der Waals surface area contributed by atoms with E-state index >= 15 is 0 Å². The molecule has 0 amide bonds. The Bertz CT molecular complexity index is 268. The lowest BCUT2D eigenvalue weighted by Crippen LogP contribution is -2.09. The molecule has 4 heteroatoms. The summed E-state index contributed by atoms with van der Waals surface area (Å²) in [6.07, 6.45) is 5.02. The number of rotatable bonds is 0. The van der Waals surface area contributed by atoms with Crippen molar-refractivity contribution in [2.75, 3.05) is 12.0 Å². The molecule has 1 aromatic rings. The van der Waals surface area contributed by atoms with Gasteiger partial charge in [0.25, 0.3) is 0 Å². The van der Waals surface area contributed by atoms with Crippen molar-refractivity contribution in [3.8, 4) is 0 Å². The van der Waals surface area contributed by atoms with Gasteiger partial charge >= 0.3 is 0 Å². The van der Waals surface area contributed by atoms with E-state index in [0.29, 0.717) is 6.67 Å². The number of nitrogens with one attached hydrogen (secondary N) is 1. The number of aromatic nitrogens is 2. The highest BCUT2D eigenvalue weighted by atomic mass is 15.1. The van der Waals surface area contributed by atoms with Crippen LogP contribution in [0.25, 0.3) is 0 Å². The molecule has 50 valence electrons. The number of aliphatic imine (C=N–C) groups is 1. The number of nitrogens with zero attached hydrogens (tertiary/aromatic N) is 3. The Morgan fingerprint density at radius 2 is 2.50 bits per heavy atom. The Hall–Kier alpha value is -1.45. The molecule has 4 nitrogen and oxygen atoms in total. The lowest BCUT2D eigenvalue weighted by atomic mass is 10.3. The zero-order chi connectivity index (χ0) is 6.81. The molecule has 0 unspecified atom stereocenters. The zero-order valence-electron chi connectivity index (χ0n) is 5.28. The topological polar surface area (TPSA) is 50.2 Å². The van der Waals surface area contributed by atoms with Crippen molar-refractivity contribution in [1.29, 1.82) is 0 Å². The van der Waals surface area contributed by atoms with Crippen molar-refractivity contribution in [3.63, 3.8) is 0 Å². The third-order valence-corrected chi connectivity index (χ3v) is 1.31. The Labute approximate surface area is 58.0 Å². The summed E-state index contributed by atoms with van der Waals surface area (Å²) in [5.74, 6) is 0.866. The van der Waals surface area contributed by atoms with E-state index in [1.807, 2.05) is 0 Å². The number of hydrogen-bond donors (Lipinski definition) is 1. The van der Waals surface area contributed by atoms with E-state index < -0.39 is 0 Å². The molecule has 2 rings (SSSR count). The molecule has 10 heavy (non-hydrogen) atoms. The van der Waals surface area contributed by atoms with Gasteiger partial charge in [0.2, 0.25) is 0 Å². The van der Waals surface area contributed by atoms with Crippen molar-refractivity contribution >= 4 is 12.0 Å². The van der Waals surface area contributed by atoms with Gasteiger partial charge in [-0.15, -0.1) is 0 Å². The number of fused-ring (bicyclic) bond motifs is 1. The van der Waals surface area contributed by atoms with Crippen molar-refractivity contribution in [2.45, 2.75) is 0 Å². The highest BCUT2D eigenvalue weighted by Crippen LogP contribution is 2.09. The van der Waals surface area contributed by atoms with Crippen LogP contribution in [0.1, 0.15) is 5.56 Å². The minimum atomic E-state index is 0.615. The van der Waals surface area contributed by atoms with Gasteiger partial charge in [-0.05, 0) is 0 Å². The monoisotopic (exact) mass is 134 g/mol. The first-order chi connectivity index (χ1) is 4.97. The fraction of sp³-hybridized carbons (Fsp3) is 0.167. The third kappa shape index (κ3) is 0.737. The van der Waals surface area contributed by atoms with Gasteiger partial charge in [-0.3, -0.25) is 4.99 Å². The fourth-order valence-electron chi connectivity index (χ4n) is 0.847. The van der Waals surface area contributed by atoms with Gasteiger partial charge in [0.05, 0.1) is 5.56 Å². The molecule has 1 aromatic heterocycles. The number of hydrogen-bond acceptors (Lipinski definition) is 4. The van der Waals surface area contributed by atoms with Crippen LogP contribution in [0.4, 0.5) is 5.82 Å². The first-order valence-electron chi connectivity index (χ1n) is 3.00. The predicted molar refractivity (Wildman–Crippen MR) is 38.1 cm³/mol. The molecule has 0 bridgehead atoms. The second kappa shape index (κ2) is 2.06. The van der Waals surface area contributed by atoms with Crippen LogP contribution in [-0.2, 0) is 0 Å². The van der Waals surface area contributed by atoms with E-state index in [0.717, 1.165) is 11.4 Å². The van der Waals surface area contributed by atoms with E-state index in [-0.39, 0.29) is 0 Å². The summed E-state index contributed by atoms with van der Waals surface area (Å²) in [6, 6.07) is 0. The van der Waals surface area contributed by atoms with Crippen molar-refractivity contribution in [3.05, 3.63) is 18.1 Å². The maximum atomic E-state index is 4.01. The SMILES string of the molecule is C1=NCNc2ncncc21. The molecule has 2 heterocycles. The summed E-state index contributed by atoms with van der Waals surface area (Å²) in [5.41, 5.74) is 0.953. The number of anilines is 1. The van der Waals surface area contributed by atoms with Gasteiger partial charge in [-0.1, -0.05) is 0 Å². The predicted octanol–water partition coefficient (Wildman–Crippen LogP) is 0.279. The van der Waals surface area contributed by atoms with E-state index in [2.05, 4.69) is 20.3 Å². The first kappa shape index (κ1) is 5.34. The average molecular weight is 134 g/mol. The highest BCUT2D eigenvalue weighted by Gasteiger charge is 2.02. The molecule has 1 N–H and O–H groups in total. The molecule has 0 atom stereocenters. The molecule has 1 aliphatic rings. The second-order valence-corrected chi connectivity index (χ2v) is 1.97. The zero-order valence-corrected chi connectivity index (χ0v) is 5.28. The van der Waals surface area contributed by atoms with Crippen LogP contribution in [-0.4, -0.2) is 22.9 Å². The molecule has 0 aromatic carbocycles. The minimum Gasteiger partial charge on any atom is -0.350 e. The van der Waals surface area contributed by atoms with Gasteiger partial charge in [-0.2, -0.15) is 0 Å². The summed E-state index contributed by atoms with van der Waals surface area (Å²) >= 11 is 0. The van der Waals surface area contributed by atoms with E-state index in [1.165, 1.54) is 6.33 Å². The van der Waals surface area contributed by atoms with Gasteiger partial charge in [0, 0.05) is 12.4 Å². The van der Waals surface area contributed by atoms with Crippen LogP contribution in [0.15, 0.2) is 17.5 Å². The summed E-state index contributed by atoms with van der Waals surface area (Å²) < 4.78 is 0. The maximum absolute atomic E-state index is 4.01. The smallest absolute Gasteiger partial charge is 0.139 e. The molecule has 0 saturated heterocycles. The van der Waals surface area contributed by atoms with Crippen molar-refractivity contribution in [2.24, 2.45) is 4.99 Å². The standard InChI is InChI=1S/C6H6N4/c1-5-2-8-4-10-6(5)9-3-7-1/h1-3H,4H2,(H,7,9,10). The largest absolute Gasteiger partial charge is 0.350 e. The normalized spacial score (nSPS) is 14.0. The van der Waals surface area contributed by atoms with Crippen molar-refractivity contribution in [1.82, 2.24) is 9.97 Å². The Kier molecular flexibility index (Phi) is 1.10. The van der Waals surface area contributed by atoms with Crippen LogP contribution in [0.3, 0.4) is 0 Å². The van der Waals surface area contributed by atoms with Gasteiger partial charge in [-0.25, -0.2) is 9.97 Å². The molecular weight excluding hydrogens is 128 g/mol. The summed E-state index contributed by atoms with van der Waals surface area (Å²) in [5, 5.41) is 3.01. The fourth-order valence-corrected chi connectivity index (χ4v) is 0.847. The third-order valence-electron chi connectivity index (χ3n) is 1.31. The Balaban J connectivity index is 2.54. The molecule has 0 radical (unpaired) electrons. The summed E-state index contributed by atoms with van der Waals surface area (Å²) in [4.78, 5) is 11.9. The molecule has 0 aliphatic carbocycles. The summed E-state index contributed by atoms with van der Waals surface area (Å²) in [6.45, 7) is 0.615. The van der Waals surface area contributed by atoms with Gasteiger partial charge in [0.1, 0.15) is 18.8 Å². The van der Waals surface area contributed by atoms with E-state index in [1.54, 1.807) is 12.4 Å². The minimum absolute atomic E-state index is 0.615. The van der Waals surface area contributed by atoms with Crippen LogP contribution in [0, 0.1) is 0 Å². The van der Waals surface area contributed by atoms with Crippen LogP contribution in [0.2, 0.25) is 0 Å². The molecular formula is C6H6N4. The maximum Gasteiger partial charge on any atom is 0.139 e. The molecule has 0 spiro atoms. The molecule has 1 aliphatic heterocycles.